The van der Waals surface area contributed by atoms with Gasteiger partial charge in [0.25, 0.3) is 0 Å². The fraction of sp³-hybridized carbons (Fsp3) is 0.455. The number of nitrogens with zero attached hydrogens (tertiary/aromatic N) is 3. The van der Waals surface area contributed by atoms with Gasteiger partial charge in [0.05, 0.1) is 24.0 Å². The molecule has 7 heteroatoms. The molecule has 0 spiro atoms. The summed E-state index contributed by atoms with van der Waals surface area (Å²) < 4.78 is 14.9. The van der Waals surface area contributed by atoms with Crippen LogP contribution >= 0.6 is 0 Å². The third kappa shape index (κ3) is 1.55. The molecule has 0 unspecified atom stereocenters. The number of nitrogens with two attached hydrogens (primary N) is 1. The average Bonchev–Trinajstić information content (AvgIpc) is 2.85. The summed E-state index contributed by atoms with van der Waals surface area (Å²) in [6.07, 6.45) is 0.983. The van der Waals surface area contributed by atoms with Crippen LogP contribution in [0.15, 0.2) is 12.4 Å². The fourth-order valence-corrected chi connectivity index (χ4v) is 2.53. The van der Waals surface area contributed by atoms with E-state index in [-0.39, 0.29) is 11.9 Å². The van der Waals surface area contributed by atoms with E-state index in [9.17, 15) is 14.6 Å². The third-order valence-electron chi connectivity index (χ3n) is 3.46. The minimum Gasteiger partial charge on any atom is -0.390 e. The quantitative estimate of drug-likeness (QED) is 0.630. The lowest BCUT2D eigenvalue weighted by Gasteiger charge is -2.18. The van der Waals surface area contributed by atoms with Crippen molar-refractivity contribution < 1.29 is 14.6 Å². The van der Waals surface area contributed by atoms with Crippen molar-refractivity contribution in [1.82, 2.24) is 14.5 Å². The molecule has 1 aliphatic rings. The van der Waals surface area contributed by atoms with Crippen LogP contribution < -0.4 is 5.73 Å². The molecule has 2 heterocycles. The molecule has 2 aromatic heterocycles. The second-order valence-corrected chi connectivity index (χ2v) is 4.55. The van der Waals surface area contributed by atoms with Crippen molar-refractivity contribution in [3.05, 3.63) is 18.3 Å². The summed E-state index contributed by atoms with van der Waals surface area (Å²) in [7, 11) is 0. The molecule has 6 nitrogen and oxygen atoms in total. The number of halogens is 1. The Morgan fingerprint density at radius 2 is 2.17 bits per heavy atom. The van der Waals surface area contributed by atoms with Crippen molar-refractivity contribution in [2.75, 3.05) is 5.73 Å². The Morgan fingerprint density at radius 1 is 1.39 bits per heavy atom. The first-order chi connectivity index (χ1) is 8.58. The van der Waals surface area contributed by atoms with Gasteiger partial charge in [-0.15, -0.1) is 0 Å². The zero-order valence-corrected chi connectivity index (χ0v) is 9.49. The summed E-state index contributed by atoms with van der Waals surface area (Å²) in [5, 5.41) is 19.4. The van der Waals surface area contributed by atoms with Crippen LogP contribution in [0.4, 0.5) is 10.2 Å². The number of aliphatic hydroxyl groups excluding tert-OH is 2. The van der Waals surface area contributed by atoms with Crippen molar-refractivity contribution >= 4 is 16.9 Å². The van der Waals surface area contributed by atoms with E-state index in [2.05, 4.69) is 9.97 Å². The molecule has 0 radical (unpaired) electrons. The number of imidazole rings is 1. The van der Waals surface area contributed by atoms with E-state index in [4.69, 9.17) is 5.73 Å². The van der Waals surface area contributed by atoms with Gasteiger partial charge in [-0.05, 0) is 12.8 Å². The second-order valence-electron chi connectivity index (χ2n) is 4.55. The van der Waals surface area contributed by atoms with Crippen LogP contribution in [-0.4, -0.2) is 37.0 Å². The predicted molar refractivity (Wildman–Crippen MR) is 62.2 cm³/mol. The number of aromatic nitrogens is 3. The fourth-order valence-electron chi connectivity index (χ4n) is 2.53. The molecule has 96 valence electrons. The summed E-state index contributed by atoms with van der Waals surface area (Å²) in [5.74, 6) is -0.661. The SMILES string of the molecule is Nc1nc(F)cc2c1ncn2[C@@H]1CC[C@@H](O)[C@H]1O. The summed E-state index contributed by atoms with van der Waals surface area (Å²) in [6.45, 7) is 0. The molecule has 1 fully saturated rings. The Labute approximate surface area is 102 Å². The number of rotatable bonds is 1. The van der Waals surface area contributed by atoms with Gasteiger partial charge >= 0.3 is 0 Å². The average molecular weight is 252 g/mol. The van der Waals surface area contributed by atoms with Crippen molar-refractivity contribution in [3.8, 4) is 0 Å². The number of aliphatic hydroxyl groups is 2. The predicted octanol–water partition coefficient (Wildman–Crippen LogP) is 0.209. The molecule has 3 rings (SSSR count). The van der Waals surface area contributed by atoms with E-state index < -0.39 is 18.2 Å². The van der Waals surface area contributed by atoms with E-state index in [1.54, 1.807) is 4.57 Å². The number of anilines is 1. The first-order valence-electron chi connectivity index (χ1n) is 5.72. The summed E-state index contributed by atoms with van der Waals surface area (Å²) in [4.78, 5) is 7.58. The Balaban J connectivity index is 2.13. The molecule has 4 N–H and O–H groups in total. The first kappa shape index (κ1) is 11.4. The number of hydrogen-bond donors (Lipinski definition) is 3. The van der Waals surface area contributed by atoms with E-state index in [1.165, 1.54) is 12.4 Å². The number of pyridine rings is 1. The van der Waals surface area contributed by atoms with Crippen molar-refractivity contribution in [2.45, 2.75) is 31.1 Å². The lowest BCUT2D eigenvalue weighted by Crippen LogP contribution is -2.26. The molecule has 3 atom stereocenters. The molecular formula is C11H13FN4O2. The number of fused-ring (bicyclic) bond motifs is 1. The van der Waals surface area contributed by atoms with E-state index in [0.29, 0.717) is 23.9 Å². The third-order valence-corrected chi connectivity index (χ3v) is 3.46. The molecule has 1 saturated carbocycles. The van der Waals surface area contributed by atoms with Crippen molar-refractivity contribution in [1.29, 1.82) is 0 Å². The van der Waals surface area contributed by atoms with Crippen LogP contribution in [-0.2, 0) is 0 Å². The normalized spacial score (nSPS) is 28.1. The van der Waals surface area contributed by atoms with Gasteiger partial charge in [0.1, 0.15) is 11.6 Å². The van der Waals surface area contributed by atoms with Gasteiger partial charge in [-0.2, -0.15) is 4.39 Å². The Morgan fingerprint density at radius 3 is 2.83 bits per heavy atom. The molecule has 0 bridgehead atoms. The van der Waals surface area contributed by atoms with E-state index >= 15 is 0 Å². The number of hydrogen-bond acceptors (Lipinski definition) is 5. The summed E-state index contributed by atoms with van der Waals surface area (Å²) in [5.41, 5.74) is 6.48. The Hall–Kier alpha value is -1.73. The van der Waals surface area contributed by atoms with E-state index in [1.807, 2.05) is 0 Å². The van der Waals surface area contributed by atoms with Gasteiger partial charge in [0.15, 0.2) is 5.82 Å². The van der Waals surface area contributed by atoms with Crippen LogP contribution in [0.3, 0.4) is 0 Å². The maximum absolute atomic E-state index is 13.3. The number of nitrogen functional groups attached to an aromatic ring is 1. The molecule has 0 aliphatic heterocycles. The zero-order chi connectivity index (χ0) is 12.9. The van der Waals surface area contributed by atoms with Crippen LogP contribution in [0.1, 0.15) is 18.9 Å². The maximum atomic E-state index is 13.3. The maximum Gasteiger partial charge on any atom is 0.217 e. The largest absolute Gasteiger partial charge is 0.390 e. The molecule has 2 aromatic rings. The van der Waals surface area contributed by atoms with Crippen LogP contribution in [0.2, 0.25) is 0 Å². The lowest BCUT2D eigenvalue weighted by atomic mass is 10.2. The summed E-state index contributed by atoms with van der Waals surface area (Å²) >= 11 is 0. The lowest BCUT2D eigenvalue weighted by molar-refractivity contribution is 0.0242. The van der Waals surface area contributed by atoms with Gasteiger partial charge in [0, 0.05) is 6.07 Å². The molecule has 18 heavy (non-hydrogen) atoms. The van der Waals surface area contributed by atoms with Gasteiger partial charge in [-0.25, -0.2) is 9.97 Å². The molecule has 0 saturated heterocycles. The van der Waals surface area contributed by atoms with E-state index in [0.717, 1.165) is 0 Å². The standard InChI is InChI=1S/C11H13FN4O2/c12-8-3-6-9(11(13)15-8)14-4-16(6)5-1-2-7(17)10(5)18/h3-5,7,10,17-18H,1-2H2,(H2,13,15)/t5-,7-,10+/m1/s1. The monoisotopic (exact) mass is 252 g/mol. The highest BCUT2D eigenvalue weighted by molar-refractivity contribution is 5.84. The second kappa shape index (κ2) is 3.89. The van der Waals surface area contributed by atoms with Crippen molar-refractivity contribution in [3.63, 3.8) is 0 Å². The van der Waals surface area contributed by atoms with Gasteiger partial charge in [-0.1, -0.05) is 0 Å². The highest BCUT2D eigenvalue weighted by Crippen LogP contribution is 2.33. The Kier molecular flexibility index (Phi) is 2.46. The van der Waals surface area contributed by atoms with Crippen LogP contribution in [0.25, 0.3) is 11.0 Å². The molecule has 0 amide bonds. The van der Waals surface area contributed by atoms with Gasteiger partial charge in [-0.3, -0.25) is 0 Å². The van der Waals surface area contributed by atoms with Gasteiger partial charge in [0.2, 0.25) is 5.95 Å². The van der Waals surface area contributed by atoms with Crippen LogP contribution in [0, 0.1) is 5.95 Å². The Bertz CT molecular complexity index is 600. The smallest absolute Gasteiger partial charge is 0.217 e. The van der Waals surface area contributed by atoms with Crippen molar-refractivity contribution in [2.24, 2.45) is 0 Å². The molecule has 0 aromatic carbocycles. The first-order valence-corrected chi connectivity index (χ1v) is 5.72. The zero-order valence-electron chi connectivity index (χ0n) is 9.49. The summed E-state index contributed by atoms with van der Waals surface area (Å²) in [6, 6.07) is 0.919. The highest BCUT2D eigenvalue weighted by atomic mass is 19.1. The topological polar surface area (TPSA) is 97.2 Å². The van der Waals surface area contributed by atoms with Gasteiger partial charge < -0.3 is 20.5 Å². The highest BCUT2D eigenvalue weighted by Gasteiger charge is 2.35. The molecular weight excluding hydrogens is 239 g/mol. The van der Waals surface area contributed by atoms with Crippen LogP contribution in [0.5, 0.6) is 0 Å². The molecule has 1 aliphatic carbocycles. The minimum atomic E-state index is -0.875. The minimum absolute atomic E-state index is 0.0248.